The summed E-state index contributed by atoms with van der Waals surface area (Å²) in [5.41, 5.74) is 0. The van der Waals surface area contributed by atoms with Gasteiger partial charge in [-0.1, -0.05) is 0 Å². The number of hydrogen-bond acceptors (Lipinski definition) is 13. The second-order valence-electron chi connectivity index (χ2n) is 6.34. The number of phosphoric ester groups is 6. The summed E-state index contributed by atoms with van der Waals surface area (Å²) in [7, 11) is -36.4. The van der Waals surface area contributed by atoms with Crippen LogP contribution in [-0.2, 0) is 54.5 Å². The Kier molecular flexibility index (Phi) is 13.9. The van der Waals surface area contributed by atoms with E-state index in [1.165, 1.54) is 0 Å². The molecule has 0 aliphatic heterocycles. The summed E-state index contributed by atoms with van der Waals surface area (Å²) in [5.74, 6) is 0. The van der Waals surface area contributed by atoms with Gasteiger partial charge in [0.05, 0.1) is 0 Å². The summed E-state index contributed by atoms with van der Waals surface area (Å²) in [6.07, 6.45) is -19.1. The molecule has 37 heavy (non-hydrogen) atoms. The van der Waals surface area contributed by atoms with Gasteiger partial charge in [-0.15, -0.1) is 0 Å². The van der Waals surface area contributed by atoms with E-state index in [9.17, 15) is 32.3 Å². The predicted molar refractivity (Wildman–Crippen MR) is 99.3 cm³/mol. The molecule has 0 amide bonds. The van der Waals surface area contributed by atoms with Crippen LogP contribution in [0.25, 0.3) is 0 Å². The van der Waals surface area contributed by atoms with Crippen molar-refractivity contribution in [3.63, 3.8) is 0 Å². The molecular formula is C6H17NaO24P6. The zero-order valence-electron chi connectivity index (χ0n) is 17.4. The minimum Gasteiger partial charge on any atom is -0.756 e. The molecule has 0 aromatic carbocycles. The van der Waals surface area contributed by atoms with Crippen LogP contribution < -0.4 is 34.5 Å². The van der Waals surface area contributed by atoms with E-state index in [4.69, 9.17) is 53.8 Å². The van der Waals surface area contributed by atoms with Crippen molar-refractivity contribution in [3.8, 4) is 0 Å². The van der Waals surface area contributed by atoms with Crippen molar-refractivity contribution in [1.29, 1.82) is 0 Å². The van der Waals surface area contributed by atoms with E-state index in [2.05, 4.69) is 27.1 Å². The van der Waals surface area contributed by atoms with Crippen LogP contribution in [0.4, 0.5) is 0 Å². The molecule has 0 spiro atoms. The van der Waals surface area contributed by atoms with Crippen molar-refractivity contribution in [3.05, 3.63) is 0 Å². The van der Waals surface area contributed by atoms with Crippen LogP contribution in [0.15, 0.2) is 0 Å². The van der Waals surface area contributed by atoms with E-state index in [1.807, 2.05) is 0 Å². The van der Waals surface area contributed by atoms with Gasteiger partial charge in [-0.2, -0.15) is 0 Å². The van der Waals surface area contributed by atoms with Crippen molar-refractivity contribution < 1.29 is 143 Å². The molecule has 5 unspecified atom stereocenters. The van der Waals surface area contributed by atoms with E-state index in [0.717, 1.165) is 0 Å². The molecule has 1 saturated carbocycles. The van der Waals surface area contributed by atoms with Crippen LogP contribution in [0.1, 0.15) is 0 Å². The summed E-state index contributed by atoms with van der Waals surface area (Å²) < 4.78 is 92.7. The number of phosphoric acid groups is 6. The van der Waals surface area contributed by atoms with Crippen LogP contribution in [-0.4, -0.2) is 90.5 Å². The average Bonchev–Trinajstić information content (AvgIpc) is 2.51. The maximum atomic E-state index is 11.4. The Bertz CT molecular complexity index is 824. The smallest absolute Gasteiger partial charge is 0.756 e. The van der Waals surface area contributed by atoms with Crippen LogP contribution in [0, 0.1) is 0 Å². The maximum absolute atomic E-state index is 11.4. The molecule has 0 aromatic rings. The van der Waals surface area contributed by atoms with Crippen LogP contribution in [0.5, 0.6) is 0 Å². The van der Waals surface area contributed by atoms with Crippen molar-refractivity contribution in [2.45, 2.75) is 36.6 Å². The molecule has 0 saturated heterocycles. The van der Waals surface area contributed by atoms with Gasteiger partial charge in [0.2, 0.25) is 0 Å². The topological polar surface area (TPSA) is 403 Å². The van der Waals surface area contributed by atoms with E-state index in [0.29, 0.717) is 0 Å². The Labute approximate surface area is 225 Å². The summed E-state index contributed by atoms with van der Waals surface area (Å²) >= 11 is 0. The van der Waals surface area contributed by atoms with Crippen molar-refractivity contribution in [1.82, 2.24) is 0 Å². The molecule has 0 radical (unpaired) electrons. The molecule has 1 aliphatic rings. The van der Waals surface area contributed by atoms with E-state index in [-0.39, 0.29) is 29.6 Å². The minimum atomic E-state index is -6.27. The number of rotatable bonds is 12. The van der Waals surface area contributed by atoms with Crippen molar-refractivity contribution >= 4 is 46.9 Å². The van der Waals surface area contributed by atoms with Gasteiger partial charge in [0, 0.05) is 0 Å². The Morgan fingerprint density at radius 3 is 0.622 bits per heavy atom. The first kappa shape index (κ1) is 38.7. The minimum absolute atomic E-state index is 0. The zero-order chi connectivity index (χ0) is 28.7. The van der Waals surface area contributed by atoms with Gasteiger partial charge in [-0.05, 0) is 0 Å². The first-order chi connectivity index (χ1) is 15.6. The van der Waals surface area contributed by atoms with Gasteiger partial charge in [0.25, 0.3) is 7.82 Å². The summed E-state index contributed by atoms with van der Waals surface area (Å²) in [4.78, 5) is 112. The van der Waals surface area contributed by atoms with Gasteiger partial charge in [0.1, 0.15) is 36.6 Å². The molecule has 1 aliphatic carbocycles. The van der Waals surface area contributed by atoms with Crippen molar-refractivity contribution in [2.75, 3.05) is 0 Å². The Morgan fingerprint density at radius 2 is 0.514 bits per heavy atom. The molecule has 0 heterocycles. The Hall–Kier alpha value is 1.66. The van der Waals surface area contributed by atoms with Gasteiger partial charge in [-0.3, -0.25) is 27.2 Å². The molecule has 1 rings (SSSR count). The first-order valence-corrected chi connectivity index (χ1v) is 17.1. The molecule has 31 heteroatoms. The third-order valence-electron chi connectivity index (χ3n) is 3.49. The average molecular weight is 682 g/mol. The summed E-state index contributed by atoms with van der Waals surface area (Å²) in [6, 6.07) is 0. The molecule has 216 valence electrons. The fourth-order valence-electron chi connectivity index (χ4n) is 2.79. The predicted octanol–water partition coefficient (Wildman–Crippen LogP) is -6.76. The second-order valence-corrected chi connectivity index (χ2v) is 13.4. The largest absolute Gasteiger partial charge is 1.00 e. The quantitative estimate of drug-likeness (QED) is 0.0673. The fraction of sp³-hybridized carbons (Fsp3) is 1.00. The maximum Gasteiger partial charge on any atom is 1.00 e. The van der Waals surface area contributed by atoms with Crippen molar-refractivity contribution in [2.24, 2.45) is 0 Å². The summed E-state index contributed by atoms with van der Waals surface area (Å²) in [5, 5.41) is 0. The van der Waals surface area contributed by atoms with Gasteiger partial charge >= 0.3 is 68.7 Å². The Morgan fingerprint density at radius 1 is 0.378 bits per heavy atom. The standard InChI is InChI=1S/C6H18O24P6.Na/c7-31(8,9)25-1-2(26-32(10,11)12)4(28-34(16,17)18)6(30-36(22,23)24)5(29-35(19,20)21)3(1)27-33(13,14)15;/h1-6H,(H2,7,8,9)(H2,10,11,12)(H2,13,14,15)(H2,16,17,18)(H2,19,20,21)(H2,22,23,24);/q;+1/p-1. The van der Waals surface area contributed by atoms with E-state index < -0.39 is 83.6 Å². The second kappa shape index (κ2) is 13.3. The molecule has 0 bridgehead atoms. The third kappa shape index (κ3) is 15.5. The van der Waals surface area contributed by atoms with Gasteiger partial charge < -0.3 is 63.2 Å². The molecule has 11 N–H and O–H groups in total. The monoisotopic (exact) mass is 682 g/mol. The summed E-state index contributed by atoms with van der Waals surface area (Å²) in [6.45, 7) is 0. The zero-order valence-corrected chi connectivity index (χ0v) is 24.7. The van der Waals surface area contributed by atoms with Gasteiger partial charge in [0.15, 0.2) is 0 Å². The van der Waals surface area contributed by atoms with Gasteiger partial charge in [-0.25, -0.2) is 22.8 Å². The molecule has 1 fully saturated rings. The SMILES string of the molecule is O=P([O-])(O)OC1C(OP(=O)(O)O)C(OP(=O)(O)O)C(OP(=O)(O)O)C(OP(=O)(O)O)C1OP(=O)(O)O.[Na+]. The molecule has 0 aromatic heterocycles. The van der Waals surface area contributed by atoms with E-state index >= 15 is 0 Å². The fourth-order valence-corrected chi connectivity index (χ4v) is 6.12. The van der Waals surface area contributed by atoms with Crippen LogP contribution in [0.2, 0.25) is 0 Å². The number of hydrogen-bond donors (Lipinski definition) is 11. The first-order valence-electron chi connectivity index (χ1n) is 7.99. The molecular weight excluding hydrogens is 665 g/mol. The molecule has 5 atom stereocenters. The normalized spacial score (nSPS) is 29.8. The third-order valence-corrected chi connectivity index (χ3v) is 6.59. The van der Waals surface area contributed by atoms with Crippen LogP contribution in [0.3, 0.4) is 0 Å². The Balaban J connectivity index is 0.0000130. The molecule has 24 nitrogen and oxygen atoms in total. The van der Waals surface area contributed by atoms with E-state index in [1.54, 1.807) is 0 Å². The van der Waals surface area contributed by atoms with Crippen LogP contribution >= 0.6 is 46.9 Å².